The summed E-state index contributed by atoms with van der Waals surface area (Å²) < 4.78 is 0. The zero-order valence-electron chi connectivity index (χ0n) is 14.8. The summed E-state index contributed by atoms with van der Waals surface area (Å²) in [4.78, 5) is 9.97. The van der Waals surface area contributed by atoms with E-state index in [-0.39, 0.29) is 0 Å². The van der Waals surface area contributed by atoms with Crippen molar-refractivity contribution in [3.05, 3.63) is 95.1 Å². The first-order valence-corrected chi connectivity index (χ1v) is 8.86. The molecule has 0 bridgehead atoms. The van der Waals surface area contributed by atoms with Crippen molar-refractivity contribution >= 4 is 22.3 Å². The Labute approximate surface area is 152 Å². The number of hydrogen-bond acceptors (Lipinski definition) is 2. The maximum atomic E-state index is 4.99. The largest absolute Gasteiger partial charge is 0.248 e. The minimum atomic E-state index is 0.965. The van der Waals surface area contributed by atoms with Crippen molar-refractivity contribution in [3.8, 4) is 11.3 Å². The quantitative estimate of drug-likeness (QED) is 0.369. The Kier molecular flexibility index (Phi) is 3.26. The molecule has 0 aliphatic heterocycles. The van der Waals surface area contributed by atoms with Gasteiger partial charge in [0.05, 0.1) is 22.6 Å². The second-order valence-corrected chi connectivity index (χ2v) is 6.86. The molecule has 26 heavy (non-hydrogen) atoms. The smallest absolute Gasteiger partial charge is 0.0810 e. The zero-order valence-corrected chi connectivity index (χ0v) is 14.8. The summed E-state index contributed by atoms with van der Waals surface area (Å²) in [6.07, 6.45) is 0. The fraction of sp³-hybridized carbons (Fsp3) is 0.0833. The molecule has 1 aromatic heterocycles. The molecule has 0 atom stereocenters. The molecule has 0 saturated carbocycles. The summed E-state index contributed by atoms with van der Waals surface area (Å²) in [5.41, 5.74) is 10.1. The molecular formula is C24H18N2. The van der Waals surface area contributed by atoms with Crippen LogP contribution >= 0.6 is 0 Å². The summed E-state index contributed by atoms with van der Waals surface area (Å²) in [5.74, 6) is 0. The Morgan fingerprint density at radius 2 is 1.38 bits per heavy atom. The van der Waals surface area contributed by atoms with Gasteiger partial charge in [0, 0.05) is 22.1 Å². The fourth-order valence-electron chi connectivity index (χ4n) is 3.61. The average molecular weight is 334 g/mol. The lowest BCUT2D eigenvalue weighted by Crippen LogP contribution is -1.99. The number of aromatic nitrogens is 1. The van der Waals surface area contributed by atoms with Crippen molar-refractivity contribution in [1.29, 1.82) is 0 Å². The van der Waals surface area contributed by atoms with Crippen molar-refractivity contribution < 1.29 is 0 Å². The number of aryl methyl sites for hydroxylation is 2. The summed E-state index contributed by atoms with van der Waals surface area (Å²) in [6, 6.07) is 25.2. The Hall–Kier alpha value is -3.26. The van der Waals surface area contributed by atoms with Gasteiger partial charge in [0.1, 0.15) is 0 Å². The predicted octanol–water partition coefficient (Wildman–Crippen LogP) is 6.00. The molecule has 0 fully saturated rings. The lowest BCUT2D eigenvalue weighted by molar-refractivity contribution is 1.33. The number of rotatable bonds is 1. The summed E-state index contributed by atoms with van der Waals surface area (Å²) in [6.45, 7) is 4.31. The molecule has 1 aliphatic rings. The standard InChI is InChI=1S/C24H18N2/c1-15-12-19-20(13-16(15)2)24-21(14-17-8-6-7-11-22(17)26-24)23(19)25-18-9-4-3-5-10-18/h3-14H,1-2H3. The number of benzene rings is 3. The molecule has 4 aromatic rings. The molecule has 2 nitrogen and oxygen atoms in total. The lowest BCUT2D eigenvalue weighted by Gasteiger charge is -2.06. The maximum absolute atomic E-state index is 4.99. The van der Waals surface area contributed by atoms with Crippen LogP contribution in [0.5, 0.6) is 0 Å². The van der Waals surface area contributed by atoms with Gasteiger partial charge in [-0.1, -0.05) is 36.4 Å². The third-order valence-corrected chi connectivity index (χ3v) is 5.12. The number of nitrogens with zero attached hydrogens (tertiary/aromatic N) is 2. The van der Waals surface area contributed by atoms with Crippen LogP contribution in [0.1, 0.15) is 22.3 Å². The van der Waals surface area contributed by atoms with E-state index in [4.69, 9.17) is 9.98 Å². The highest BCUT2D eigenvalue weighted by Gasteiger charge is 2.27. The molecule has 0 N–H and O–H groups in total. The zero-order chi connectivity index (χ0) is 17.7. The molecule has 5 rings (SSSR count). The number of hydrogen-bond donors (Lipinski definition) is 0. The van der Waals surface area contributed by atoms with E-state index in [1.165, 1.54) is 22.3 Å². The second-order valence-electron chi connectivity index (χ2n) is 6.86. The van der Waals surface area contributed by atoms with Crippen LogP contribution in [0.3, 0.4) is 0 Å². The minimum absolute atomic E-state index is 0.965. The Bertz CT molecular complexity index is 1190. The monoisotopic (exact) mass is 334 g/mol. The van der Waals surface area contributed by atoms with Crippen LogP contribution in [0.15, 0.2) is 77.8 Å². The van der Waals surface area contributed by atoms with Crippen LogP contribution in [0.25, 0.3) is 22.2 Å². The molecule has 0 spiro atoms. The number of aliphatic imine (C=N–C) groups is 1. The van der Waals surface area contributed by atoms with Crippen LogP contribution in [0.4, 0.5) is 5.69 Å². The van der Waals surface area contributed by atoms with E-state index in [0.29, 0.717) is 0 Å². The summed E-state index contributed by atoms with van der Waals surface area (Å²) in [7, 11) is 0. The number of fused-ring (bicyclic) bond motifs is 4. The van der Waals surface area contributed by atoms with Gasteiger partial charge in [0.2, 0.25) is 0 Å². The van der Waals surface area contributed by atoms with E-state index in [1.807, 2.05) is 36.4 Å². The van der Waals surface area contributed by atoms with Crippen molar-refractivity contribution in [1.82, 2.24) is 4.98 Å². The van der Waals surface area contributed by atoms with E-state index in [2.05, 4.69) is 50.2 Å². The van der Waals surface area contributed by atoms with Crippen LogP contribution in [0, 0.1) is 13.8 Å². The summed E-state index contributed by atoms with van der Waals surface area (Å²) in [5, 5.41) is 1.15. The van der Waals surface area contributed by atoms with Gasteiger partial charge in [-0.2, -0.15) is 0 Å². The van der Waals surface area contributed by atoms with E-state index in [1.54, 1.807) is 0 Å². The minimum Gasteiger partial charge on any atom is -0.248 e. The predicted molar refractivity (Wildman–Crippen MR) is 108 cm³/mol. The van der Waals surface area contributed by atoms with Crippen molar-refractivity contribution in [2.75, 3.05) is 0 Å². The number of para-hydroxylation sites is 2. The molecular weight excluding hydrogens is 316 g/mol. The highest BCUT2D eigenvalue weighted by atomic mass is 14.8. The normalized spacial score (nSPS) is 13.8. The Balaban J connectivity index is 1.85. The Morgan fingerprint density at radius 1 is 0.692 bits per heavy atom. The first kappa shape index (κ1) is 15.0. The highest BCUT2D eigenvalue weighted by Crippen LogP contribution is 2.39. The topological polar surface area (TPSA) is 25.2 Å². The van der Waals surface area contributed by atoms with Crippen LogP contribution in [-0.2, 0) is 0 Å². The first-order valence-electron chi connectivity index (χ1n) is 8.86. The SMILES string of the molecule is Cc1cc2c(cc1C)-c1nc3ccccc3cc1C2=Nc1ccccc1. The van der Waals surface area contributed by atoms with Crippen LogP contribution < -0.4 is 0 Å². The third kappa shape index (κ3) is 2.26. The molecule has 1 heterocycles. The van der Waals surface area contributed by atoms with E-state index in [9.17, 15) is 0 Å². The van der Waals surface area contributed by atoms with E-state index < -0.39 is 0 Å². The molecule has 0 saturated heterocycles. The van der Waals surface area contributed by atoms with E-state index in [0.717, 1.165) is 33.6 Å². The average Bonchev–Trinajstić information content (AvgIpc) is 2.94. The molecule has 124 valence electrons. The van der Waals surface area contributed by atoms with Crippen molar-refractivity contribution in [2.45, 2.75) is 13.8 Å². The number of pyridine rings is 1. The molecule has 0 amide bonds. The van der Waals surface area contributed by atoms with Crippen LogP contribution in [0.2, 0.25) is 0 Å². The maximum Gasteiger partial charge on any atom is 0.0810 e. The fourth-order valence-corrected chi connectivity index (χ4v) is 3.61. The molecule has 1 aliphatic carbocycles. The van der Waals surface area contributed by atoms with Gasteiger partial charge in [-0.15, -0.1) is 0 Å². The van der Waals surface area contributed by atoms with Crippen molar-refractivity contribution in [3.63, 3.8) is 0 Å². The van der Waals surface area contributed by atoms with Crippen molar-refractivity contribution in [2.24, 2.45) is 4.99 Å². The molecule has 2 heteroatoms. The molecule has 3 aromatic carbocycles. The van der Waals surface area contributed by atoms with Gasteiger partial charge >= 0.3 is 0 Å². The third-order valence-electron chi connectivity index (χ3n) is 5.12. The first-order chi connectivity index (χ1) is 12.7. The van der Waals surface area contributed by atoms with Gasteiger partial charge in [0.15, 0.2) is 0 Å². The van der Waals surface area contributed by atoms with Crippen LogP contribution in [-0.4, -0.2) is 10.7 Å². The molecule has 0 unspecified atom stereocenters. The van der Waals surface area contributed by atoms with E-state index >= 15 is 0 Å². The Morgan fingerprint density at radius 3 is 2.19 bits per heavy atom. The van der Waals surface area contributed by atoms with Gasteiger partial charge in [-0.3, -0.25) is 0 Å². The summed E-state index contributed by atoms with van der Waals surface area (Å²) >= 11 is 0. The van der Waals surface area contributed by atoms with Gasteiger partial charge in [0.25, 0.3) is 0 Å². The lowest BCUT2D eigenvalue weighted by atomic mass is 10.0. The molecule has 0 radical (unpaired) electrons. The van der Waals surface area contributed by atoms with Gasteiger partial charge < -0.3 is 0 Å². The second kappa shape index (κ2) is 5.63. The van der Waals surface area contributed by atoms with Gasteiger partial charge in [-0.25, -0.2) is 9.98 Å². The van der Waals surface area contributed by atoms with Gasteiger partial charge in [-0.05, 0) is 61.4 Å². The highest BCUT2D eigenvalue weighted by molar-refractivity contribution is 6.25.